The fraction of sp³-hybridized carbons (Fsp3) is 0.469. The van der Waals surface area contributed by atoms with Crippen molar-refractivity contribution in [2.75, 3.05) is 39.3 Å². The number of nitrogens with zero attached hydrogens (tertiary/aromatic N) is 4. The molecule has 2 aliphatic heterocycles. The van der Waals surface area contributed by atoms with Crippen LogP contribution in [-0.4, -0.2) is 70.7 Å². The molecule has 1 N–H and O–H groups in total. The molecular formula is C32H40FN5O3. The fourth-order valence-corrected chi connectivity index (χ4v) is 6.03. The molecule has 1 aromatic heterocycles. The van der Waals surface area contributed by atoms with Gasteiger partial charge in [0.05, 0.1) is 23.9 Å². The Labute approximate surface area is 241 Å². The maximum absolute atomic E-state index is 13.5. The molecule has 9 heteroatoms. The van der Waals surface area contributed by atoms with E-state index in [2.05, 4.69) is 15.3 Å². The van der Waals surface area contributed by atoms with Gasteiger partial charge in [-0.2, -0.15) is 5.10 Å². The van der Waals surface area contributed by atoms with E-state index < -0.39 is 0 Å². The molecule has 3 heterocycles. The summed E-state index contributed by atoms with van der Waals surface area (Å²) in [6.07, 6.45) is 5.24. The number of ether oxygens (including phenoxy) is 1. The van der Waals surface area contributed by atoms with Gasteiger partial charge >= 0.3 is 0 Å². The van der Waals surface area contributed by atoms with E-state index in [1.54, 1.807) is 12.3 Å². The van der Waals surface area contributed by atoms with Crippen LogP contribution in [0, 0.1) is 18.2 Å². The summed E-state index contributed by atoms with van der Waals surface area (Å²) in [6, 6.07) is 14.0. The Hall–Kier alpha value is -3.72. The molecule has 3 aromatic rings. The summed E-state index contributed by atoms with van der Waals surface area (Å²) in [6.45, 7) is 9.22. The summed E-state index contributed by atoms with van der Waals surface area (Å²) < 4.78 is 21.7. The zero-order chi connectivity index (χ0) is 28.8. The van der Waals surface area contributed by atoms with Crippen molar-refractivity contribution >= 4 is 11.8 Å². The van der Waals surface area contributed by atoms with Crippen molar-refractivity contribution in [1.82, 2.24) is 24.9 Å². The Kier molecular flexibility index (Phi) is 9.03. The SMILES string of the molecule is CCn1ncc(C(=O)N2CCC3(CCCN(Cc4ccc(F)cc4)CCNC(=O)c4ccccc4OC3)CC2)c1C. The second-order valence-corrected chi connectivity index (χ2v) is 11.3. The van der Waals surface area contributed by atoms with Crippen LogP contribution in [0.5, 0.6) is 5.75 Å². The van der Waals surface area contributed by atoms with E-state index in [-0.39, 0.29) is 23.0 Å². The highest BCUT2D eigenvalue weighted by Gasteiger charge is 2.37. The van der Waals surface area contributed by atoms with E-state index in [1.807, 2.05) is 53.8 Å². The van der Waals surface area contributed by atoms with Gasteiger partial charge in [0, 0.05) is 50.4 Å². The van der Waals surface area contributed by atoms with Crippen molar-refractivity contribution in [3.8, 4) is 5.75 Å². The number of hydrogen-bond donors (Lipinski definition) is 1. The molecule has 1 saturated heterocycles. The number of fused-ring (bicyclic) bond motifs is 1. The molecule has 0 bridgehead atoms. The van der Waals surface area contributed by atoms with Crippen LogP contribution >= 0.6 is 0 Å². The average Bonchev–Trinajstić information content (AvgIpc) is 3.37. The Morgan fingerprint density at radius 1 is 1.05 bits per heavy atom. The van der Waals surface area contributed by atoms with E-state index in [0.717, 1.165) is 50.0 Å². The van der Waals surface area contributed by atoms with Gasteiger partial charge in [0.15, 0.2) is 0 Å². The van der Waals surface area contributed by atoms with Gasteiger partial charge in [-0.3, -0.25) is 19.2 Å². The van der Waals surface area contributed by atoms with E-state index in [4.69, 9.17) is 4.74 Å². The minimum absolute atomic E-state index is 0.0371. The van der Waals surface area contributed by atoms with Gasteiger partial charge < -0.3 is 15.0 Å². The fourth-order valence-electron chi connectivity index (χ4n) is 6.03. The molecule has 2 aliphatic rings. The Bertz CT molecular complexity index is 1350. The van der Waals surface area contributed by atoms with Gasteiger partial charge in [-0.25, -0.2) is 4.39 Å². The third kappa shape index (κ3) is 6.78. The Balaban J connectivity index is 1.33. The number of amides is 2. The topological polar surface area (TPSA) is 79.7 Å². The number of nitrogens with one attached hydrogen (secondary N) is 1. The minimum Gasteiger partial charge on any atom is -0.492 e. The molecule has 0 saturated carbocycles. The second-order valence-electron chi connectivity index (χ2n) is 11.3. The first kappa shape index (κ1) is 28.8. The third-order valence-corrected chi connectivity index (χ3v) is 8.62. The molecule has 0 unspecified atom stereocenters. The molecule has 1 spiro atoms. The number of carbonyl (C=O) groups excluding carboxylic acids is 2. The molecule has 5 rings (SSSR count). The van der Waals surface area contributed by atoms with Crippen LogP contribution in [0.4, 0.5) is 4.39 Å². The molecule has 0 radical (unpaired) electrons. The van der Waals surface area contributed by atoms with Crippen LogP contribution < -0.4 is 10.1 Å². The highest BCUT2D eigenvalue weighted by molar-refractivity contribution is 5.97. The van der Waals surface area contributed by atoms with Crippen LogP contribution in [0.1, 0.15) is 64.6 Å². The number of para-hydroxylation sites is 1. The van der Waals surface area contributed by atoms with Crippen molar-refractivity contribution in [1.29, 1.82) is 0 Å². The summed E-state index contributed by atoms with van der Waals surface area (Å²) in [5, 5.41) is 7.41. The first-order valence-corrected chi connectivity index (χ1v) is 14.7. The summed E-state index contributed by atoms with van der Waals surface area (Å²) in [5.41, 5.74) is 3.03. The molecule has 0 atom stereocenters. The number of aromatic nitrogens is 2. The standard InChI is InChI=1S/C32H40FN5O3/c1-3-38-24(2)28(21-35-38)31(40)37-18-14-32(15-19-37)13-6-17-36(22-25-9-11-26(33)12-10-25)20-16-34-30(39)27-7-4-5-8-29(27)41-23-32/h4-5,7-12,21H,3,6,13-20,22-23H2,1-2H3,(H,34,39). The van der Waals surface area contributed by atoms with Crippen LogP contribution in [0.25, 0.3) is 0 Å². The lowest BCUT2D eigenvalue weighted by Crippen LogP contribution is -2.46. The minimum atomic E-state index is -0.245. The quantitative estimate of drug-likeness (QED) is 0.501. The molecule has 2 aromatic carbocycles. The molecule has 2 amide bonds. The number of piperidine rings is 1. The van der Waals surface area contributed by atoms with Crippen molar-refractivity contribution in [3.63, 3.8) is 0 Å². The predicted molar refractivity (Wildman–Crippen MR) is 155 cm³/mol. The Morgan fingerprint density at radius 3 is 2.54 bits per heavy atom. The second kappa shape index (κ2) is 12.9. The summed E-state index contributed by atoms with van der Waals surface area (Å²) in [4.78, 5) is 30.7. The number of benzene rings is 2. The lowest BCUT2D eigenvalue weighted by Gasteiger charge is -2.42. The number of carbonyl (C=O) groups is 2. The van der Waals surface area contributed by atoms with Crippen LogP contribution in [0.2, 0.25) is 0 Å². The van der Waals surface area contributed by atoms with Crippen LogP contribution in [0.15, 0.2) is 54.7 Å². The molecule has 41 heavy (non-hydrogen) atoms. The van der Waals surface area contributed by atoms with Gasteiger partial charge in [-0.05, 0) is 75.9 Å². The van der Waals surface area contributed by atoms with E-state index in [1.165, 1.54) is 12.1 Å². The highest BCUT2D eigenvalue weighted by Crippen LogP contribution is 2.38. The molecule has 8 nitrogen and oxygen atoms in total. The maximum atomic E-state index is 13.5. The predicted octanol–water partition coefficient (Wildman–Crippen LogP) is 4.68. The normalized spacial score (nSPS) is 18.4. The van der Waals surface area contributed by atoms with Crippen LogP contribution in [0.3, 0.4) is 0 Å². The number of halogens is 1. The number of hydrogen-bond acceptors (Lipinski definition) is 5. The van der Waals surface area contributed by atoms with E-state index in [0.29, 0.717) is 56.2 Å². The number of likely N-dealkylation sites (tertiary alicyclic amines) is 1. The largest absolute Gasteiger partial charge is 0.492 e. The lowest BCUT2D eigenvalue weighted by molar-refractivity contribution is 0.0348. The van der Waals surface area contributed by atoms with Gasteiger partial charge in [-0.15, -0.1) is 0 Å². The molecule has 0 aliphatic carbocycles. The van der Waals surface area contributed by atoms with E-state index in [9.17, 15) is 14.0 Å². The summed E-state index contributed by atoms with van der Waals surface area (Å²) >= 11 is 0. The maximum Gasteiger partial charge on any atom is 0.257 e. The number of aryl methyl sites for hydroxylation is 1. The first-order valence-electron chi connectivity index (χ1n) is 14.7. The molecule has 218 valence electrons. The van der Waals surface area contributed by atoms with Gasteiger partial charge in [-0.1, -0.05) is 24.3 Å². The zero-order valence-corrected chi connectivity index (χ0v) is 24.1. The number of rotatable bonds is 4. The lowest BCUT2D eigenvalue weighted by atomic mass is 9.75. The zero-order valence-electron chi connectivity index (χ0n) is 24.1. The smallest absolute Gasteiger partial charge is 0.257 e. The molecular weight excluding hydrogens is 521 g/mol. The van der Waals surface area contributed by atoms with Gasteiger partial charge in [0.25, 0.3) is 11.8 Å². The average molecular weight is 562 g/mol. The first-order chi connectivity index (χ1) is 19.9. The highest BCUT2D eigenvalue weighted by atomic mass is 19.1. The van der Waals surface area contributed by atoms with Crippen molar-refractivity contribution < 1.29 is 18.7 Å². The molecule has 1 fully saturated rings. The van der Waals surface area contributed by atoms with Crippen molar-refractivity contribution in [2.45, 2.75) is 52.6 Å². The Morgan fingerprint density at radius 2 is 1.80 bits per heavy atom. The van der Waals surface area contributed by atoms with Gasteiger partial charge in [0.1, 0.15) is 11.6 Å². The van der Waals surface area contributed by atoms with Crippen molar-refractivity contribution in [3.05, 3.63) is 82.9 Å². The monoisotopic (exact) mass is 561 g/mol. The third-order valence-electron chi connectivity index (χ3n) is 8.62. The van der Waals surface area contributed by atoms with Crippen molar-refractivity contribution in [2.24, 2.45) is 5.41 Å². The summed E-state index contributed by atoms with van der Waals surface area (Å²) in [7, 11) is 0. The van der Waals surface area contributed by atoms with E-state index >= 15 is 0 Å². The van der Waals surface area contributed by atoms with Gasteiger partial charge in [0.2, 0.25) is 0 Å². The van der Waals surface area contributed by atoms with Crippen LogP contribution in [-0.2, 0) is 13.1 Å². The summed E-state index contributed by atoms with van der Waals surface area (Å²) in [5.74, 6) is 0.229.